The first-order valence-corrected chi connectivity index (χ1v) is 10.6. The minimum atomic E-state index is -0.752. The molecular formula is C25H24N4O5. The van der Waals surface area contributed by atoms with E-state index in [2.05, 4.69) is 4.98 Å². The van der Waals surface area contributed by atoms with Crippen LogP contribution in [0.15, 0.2) is 80.7 Å². The predicted molar refractivity (Wildman–Crippen MR) is 130 cm³/mol. The normalized spacial score (nSPS) is 11.3. The average molecular weight is 460 g/mol. The number of furan rings is 1. The Kier molecular flexibility index (Phi) is 6.74. The fraction of sp³-hybridized carbons (Fsp3) is 0.160. The third-order valence-corrected chi connectivity index (χ3v) is 5.29. The van der Waals surface area contributed by atoms with E-state index in [-0.39, 0.29) is 31.2 Å². The molecule has 0 bridgehead atoms. The maximum atomic E-state index is 13.3. The lowest BCUT2D eigenvalue weighted by molar-refractivity contribution is -0.114. The molecule has 0 spiro atoms. The lowest BCUT2D eigenvalue weighted by atomic mass is 10.2. The Balaban J connectivity index is 1.74. The minimum absolute atomic E-state index is 0.0694. The summed E-state index contributed by atoms with van der Waals surface area (Å²) in [6, 6.07) is 18.5. The van der Waals surface area contributed by atoms with Gasteiger partial charge in [0.25, 0.3) is 11.5 Å². The van der Waals surface area contributed by atoms with Crippen molar-refractivity contribution < 1.29 is 13.9 Å². The number of rotatable bonds is 8. The first-order valence-electron chi connectivity index (χ1n) is 10.6. The average Bonchev–Trinajstić information content (AvgIpc) is 3.25. The molecule has 34 heavy (non-hydrogen) atoms. The summed E-state index contributed by atoms with van der Waals surface area (Å²) in [5.74, 6) is -0.133. The number of carbonyl (C=O) groups excluding carboxylic acids is 1. The van der Waals surface area contributed by atoms with E-state index in [1.807, 2.05) is 60.7 Å². The number of H-pyrrole nitrogens is 1. The van der Waals surface area contributed by atoms with Gasteiger partial charge in [-0.05, 0) is 23.8 Å². The summed E-state index contributed by atoms with van der Waals surface area (Å²) in [5, 5.41) is 0.904. The molecule has 0 saturated heterocycles. The number of nitrogens with one attached hydrogen (secondary N) is 1. The molecule has 2 aromatic heterocycles. The van der Waals surface area contributed by atoms with E-state index in [9.17, 15) is 14.4 Å². The largest absolute Gasteiger partial charge is 0.457 e. The van der Waals surface area contributed by atoms with Crippen molar-refractivity contribution in [3.8, 4) is 0 Å². The van der Waals surface area contributed by atoms with Crippen molar-refractivity contribution in [2.45, 2.75) is 13.1 Å². The van der Waals surface area contributed by atoms with Crippen LogP contribution in [-0.4, -0.2) is 29.2 Å². The van der Waals surface area contributed by atoms with E-state index < -0.39 is 17.2 Å². The van der Waals surface area contributed by atoms with Crippen molar-refractivity contribution in [1.29, 1.82) is 0 Å². The van der Waals surface area contributed by atoms with Crippen molar-refractivity contribution >= 4 is 34.5 Å². The molecule has 0 aliphatic heterocycles. The molecule has 0 unspecified atom stereocenters. The van der Waals surface area contributed by atoms with Gasteiger partial charge in [0.15, 0.2) is 5.69 Å². The summed E-state index contributed by atoms with van der Waals surface area (Å²) in [6.45, 7) is 0.390. The summed E-state index contributed by atoms with van der Waals surface area (Å²) in [7, 11) is 1.49. The molecule has 9 heteroatoms. The second-order valence-electron chi connectivity index (χ2n) is 7.57. The highest BCUT2D eigenvalue weighted by Crippen LogP contribution is 2.22. The number of carbonyl (C=O) groups is 1. The number of fused-ring (bicyclic) bond motifs is 1. The van der Waals surface area contributed by atoms with Crippen LogP contribution < -0.4 is 21.9 Å². The number of ether oxygens (including phenoxy) is 1. The molecule has 4 aromatic rings. The number of aromatic nitrogens is 2. The van der Waals surface area contributed by atoms with Crippen molar-refractivity contribution in [2.24, 2.45) is 0 Å². The van der Waals surface area contributed by atoms with Crippen LogP contribution >= 0.6 is 0 Å². The third-order valence-electron chi connectivity index (χ3n) is 5.29. The molecule has 0 radical (unpaired) electrons. The van der Waals surface area contributed by atoms with Crippen LogP contribution in [0.5, 0.6) is 0 Å². The smallest absolute Gasteiger partial charge is 0.330 e. The van der Waals surface area contributed by atoms with Crippen LogP contribution in [0.3, 0.4) is 0 Å². The molecule has 0 aliphatic carbocycles. The number of benzene rings is 2. The van der Waals surface area contributed by atoms with Gasteiger partial charge in [-0.1, -0.05) is 48.5 Å². The Hall–Kier alpha value is -4.37. The highest BCUT2D eigenvalue weighted by atomic mass is 16.5. The standard InChI is InChI=1S/C25H24N4O5/c1-33-14-13-28-23(26)22(24(31)27-25(28)32)29(16-17-7-3-2-4-8-17)21(30)12-11-19-15-18-9-5-6-10-20(18)34-19/h2-12,15H,13-14,16,26H2,1H3,(H,27,31,32)/b12-11+. The number of anilines is 2. The van der Waals surface area contributed by atoms with Gasteiger partial charge < -0.3 is 14.9 Å². The van der Waals surface area contributed by atoms with Gasteiger partial charge in [-0.2, -0.15) is 0 Å². The number of hydrogen-bond donors (Lipinski definition) is 2. The Labute approximate surface area is 194 Å². The van der Waals surface area contributed by atoms with Gasteiger partial charge in [0.05, 0.1) is 19.7 Å². The summed E-state index contributed by atoms with van der Waals surface area (Å²) in [5.41, 5.74) is 6.16. The molecule has 1 amide bonds. The highest BCUT2D eigenvalue weighted by molar-refractivity contribution is 6.05. The lowest BCUT2D eigenvalue weighted by Crippen LogP contribution is -2.40. The summed E-state index contributed by atoms with van der Waals surface area (Å²) in [6.07, 6.45) is 2.84. The fourth-order valence-electron chi connectivity index (χ4n) is 3.60. The van der Waals surface area contributed by atoms with E-state index in [4.69, 9.17) is 14.9 Å². The molecule has 0 fully saturated rings. The zero-order chi connectivity index (χ0) is 24.1. The molecule has 0 atom stereocenters. The number of methoxy groups -OCH3 is 1. The molecule has 2 aromatic carbocycles. The van der Waals surface area contributed by atoms with E-state index in [0.717, 1.165) is 10.9 Å². The van der Waals surface area contributed by atoms with Crippen molar-refractivity contribution in [2.75, 3.05) is 24.4 Å². The van der Waals surface area contributed by atoms with Crippen molar-refractivity contribution in [3.05, 3.63) is 98.9 Å². The Morgan fingerprint density at radius 3 is 2.62 bits per heavy atom. The number of amides is 1. The second-order valence-corrected chi connectivity index (χ2v) is 7.57. The zero-order valence-electron chi connectivity index (χ0n) is 18.6. The molecule has 2 heterocycles. The lowest BCUT2D eigenvalue weighted by Gasteiger charge is -2.23. The van der Waals surface area contributed by atoms with Gasteiger partial charge in [0.2, 0.25) is 0 Å². The second kappa shape index (κ2) is 10.1. The monoisotopic (exact) mass is 460 g/mol. The molecule has 3 N–H and O–H groups in total. The first-order chi connectivity index (χ1) is 16.5. The Bertz CT molecular complexity index is 1420. The number of aromatic amines is 1. The Morgan fingerprint density at radius 1 is 1.15 bits per heavy atom. The van der Waals surface area contributed by atoms with Crippen LogP contribution in [0.1, 0.15) is 11.3 Å². The molecule has 0 aliphatic rings. The highest BCUT2D eigenvalue weighted by Gasteiger charge is 2.23. The molecule has 0 saturated carbocycles. The van der Waals surface area contributed by atoms with Gasteiger partial charge in [-0.15, -0.1) is 0 Å². The van der Waals surface area contributed by atoms with Crippen molar-refractivity contribution in [1.82, 2.24) is 9.55 Å². The van der Waals surface area contributed by atoms with Crippen LogP contribution in [0.2, 0.25) is 0 Å². The van der Waals surface area contributed by atoms with Crippen LogP contribution in [0.25, 0.3) is 17.0 Å². The van der Waals surface area contributed by atoms with Gasteiger partial charge in [-0.3, -0.25) is 24.0 Å². The van der Waals surface area contributed by atoms with E-state index in [0.29, 0.717) is 11.3 Å². The zero-order valence-corrected chi connectivity index (χ0v) is 18.6. The minimum Gasteiger partial charge on any atom is -0.457 e. The van der Waals surface area contributed by atoms with E-state index in [1.165, 1.54) is 28.7 Å². The van der Waals surface area contributed by atoms with Crippen LogP contribution in [-0.2, 0) is 22.6 Å². The maximum Gasteiger partial charge on any atom is 0.330 e. The number of nitrogens with zero attached hydrogens (tertiary/aromatic N) is 2. The first kappa shape index (κ1) is 22.8. The topological polar surface area (TPSA) is 124 Å². The number of para-hydroxylation sites is 1. The number of hydrogen-bond acceptors (Lipinski definition) is 6. The van der Waals surface area contributed by atoms with Gasteiger partial charge in [0, 0.05) is 18.6 Å². The number of nitrogen functional groups attached to an aromatic ring is 1. The SMILES string of the molecule is COCCn1c(N)c(N(Cc2ccccc2)C(=O)/C=C/c2cc3ccccc3o2)c(=O)[nH]c1=O. The summed E-state index contributed by atoms with van der Waals surface area (Å²) >= 11 is 0. The maximum absolute atomic E-state index is 13.3. The van der Waals surface area contributed by atoms with Crippen LogP contribution in [0.4, 0.5) is 11.5 Å². The van der Waals surface area contributed by atoms with Gasteiger partial charge >= 0.3 is 5.69 Å². The summed E-state index contributed by atoms with van der Waals surface area (Å²) in [4.78, 5) is 41.9. The fourth-order valence-corrected chi connectivity index (χ4v) is 3.60. The van der Waals surface area contributed by atoms with Gasteiger partial charge in [0.1, 0.15) is 17.2 Å². The number of nitrogens with two attached hydrogens (primary N) is 1. The van der Waals surface area contributed by atoms with Crippen LogP contribution in [0, 0.1) is 0 Å². The van der Waals surface area contributed by atoms with E-state index >= 15 is 0 Å². The van der Waals surface area contributed by atoms with Crippen molar-refractivity contribution in [3.63, 3.8) is 0 Å². The predicted octanol–water partition coefficient (Wildman–Crippen LogP) is 2.76. The van der Waals surface area contributed by atoms with E-state index in [1.54, 1.807) is 0 Å². The third kappa shape index (κ3) is 4.84. The summed E-state index contributed by atoms with van der Waals surface area (Å²) < 4.78 is 11.9. The Morgan fingerprint density at radius 2 is 1.88 bits per heavy atom. The molecule has 4 rings (SSSR count). The quantitative estimate of drug-likeness (QED) is 0.390. The van der Waals surface area contributed by atoms with Gasteiger partial charge in [-0.25, -0.2) is 4.79 Å². The molecule has 9 nitrogen and oxygen atoms in total. The molecular weight excluding hydrogens is 436 g/mol. The molecule has 174 valence electrons.